The number of phenolic OH excluding ortho intramolecular Hbond substituents is 2. The maximum absolute atomic E-state index is 12.7. The topological polar surface area (TPSA) is 88.0 Å². The van der Waals surface area contributed by atoms with E-state index in [-0.39, 0.29) is 29.4 Å². The Kier molecular flexibility index (Phi) is 5.65. The van der Waals surface area contributed by atoms with Crippen molar-refractivity contribution in [1.82, 2.24) is 5.32 Å². The first-order valence-corrected chi connectivity index (χ1v) is 8.23. The average molecular weight is 359 g/mol. The summed E-state index contributed by atoms with van der Waals surface area (Å²) in [5.41, 5.74) is 1.55. The second-order valence-electron chi connectivity index (χ2n) is 7.00. The van der Waals surface area contributed by atoms with Crippen molar-refractivity contribution in [2.45, 2.75) is 32.7 Å². The number of amides is 1. The SMILES string of the molecule is COc1cc(OC)c(C(C)(C)C)cc1C(=O)NCc1ccc(O)cc1O. The Labute approximate surface area is 153 Å². The fourth-order valence-corrected chi connectivity index (χ4v) is 2.63. The predicted molar refractivity (Wildman–Crippen MR) is 99.2 cm³/mol. The van der Waals surface area contributed by atoms with Crippen molar-refractivity contribution in [2.75, 3.05) is 14.2 Å². The third-order valence-corrected chi connectivity index (χ3v) is 4.08. The maximum Gasteiger partial charge on any atom is 0.255 e. The number of rotatable bonds is 5. The van der Waals surface area contributed by atoms with Gasteiger partial charge in [-0.05, 0) is 23.6 Å². The molecule has 0 atom stereocenters. The summed E-state index contributed by atoms with van der Waals surface area (Å²) in [5, 5.41) is 21.9. The van der Waals surface area contributed by atoms with Crippen molar-refractivity contribution >= 4 is 5.91 Å². The molecule has 0 fully saturated rings. The van der Waals surface area contributed by atoms with Gasteiger partial charge in [-0.15, -0.1) is 0 Å². The molecule has 0 aliphatic heterocycles. The lowest BCUT2D eigenvalue weighted by molar-refractivity contribution is 0.0947. The summed E-state index contributed by atoms with van der Waals surface area (Å²) in [7, 11) is 3.07. The van der Waals surface area contributed by atoms with Gasteiger partial charge >= 0.3 is 0 Å². The van der Waals surface area contributed by atoms with Crippen LogP contribution in [0.15, 0.2) is 30.3 Å². The predicted octanol–water partition coefficient (Wildman–Crippen LogP) is 3.34. The molecule has 3 N–H and O–H groups in total. The van der Waals surface area contributed by atoms with E-state index in [1.807, 2.05) is 20.8 Å². The van der Waals surface area contributed by atoms with E-state index in [4.69, 9.17) is 9.47 Å². The molecular formula is C20H25NO5. The molecule has 0 unspecified atom stereocenters. The second kappa shape index (κ2) is 7.56. The van der Waals surface area contributed by atoms with Crippen LogP contribution in [0.1, 0.15) is 42.3 Å². The first-order valence-electron chi connectivity index (χ1n) is 8.23. The highest BCUT2D eigenvalue weighted by molar-refractivity contribution is 5.97. The largest absolute Gasteiger partial charge is 0.508 e. The molecule has 2 rings (SSSR count). The van der Waals surface area contributed by atoms with Crippen LogP contribution in [0, 0.1) is 0 Å². The Morgan fingerprint density at radius 2 is 1.69 bits per heavy atom. The van der Waals surface area contributed by atoms with Crippen LogP contribution in [0.5, 0.6) is 23.0 Å². The normalized spacial score (nSPS) is 11.1. The molecule has 0 saturated heterocycles. The van der Waals surface area contributed by atoms with Gasteiger partial charge in [-0.1, -0.05) is 20.8 Å². The molecule has 0 bridgehead atoms. The first kappa shape index (κ1) is 19.4. The van der Waals surface area contributed by atoms with Crippen LogP contribution in [-0.2, 0) is 12.0 Å². The molecule has 6 heteroatoms. The Balaban J connectivity index is 2.32. The summed E-state index contributed by atoms with van der Waals surface area (Å²) in [6.45, 7) is 6.22. The highest BCUT2D eigenvalue weighted by Gasteiger charge is 2.24. The summed E-state index contributed by atoms with van der Waals surface area (Å²) in [6, 6.07) is 7.70. The number of hydrogen-bond acceptors (Lipinski definition) is 5. The average Bonchev–Trinajstić information content (AvgIpc) is 2.58. The zero-order chi connectivity index (χ0) is 19.5. The zero-order valence-electron chi connectivity index (χ0n) is 15.7. The molecule has 0 aliphatic rings. The molecule has 0 saturated carbocycles. The Morgan fingerprint density at radius 3 is 2.23 bits per heavy atom. The molecule has 6 nitrogen and oxygen atoms in total. The molecule has 140 valence electrons. The summed E-state index contributed by atoms with van der Waals surface area (Å²) in [6.07, 6.45) is 0. The molecule has 0 radical (unpaired) electrons. The minimum Gasteiger partial charge on any atom is -0.508 e. The fraction of sp³-hybridized carbons (Fsp3) is 0.350. The number of benzene rings is 2. The lowest BCUT2D eigenvalue weighted by Gasteiger charge is -2.24. The summed E-state index contributed by atoms with van der Waals surface area (Å²) < 4.78 is 10.8. The van der Waals surface area contributed by atoms with Crippen LogP contribution in [-0.4, -0.2) is 30.3 Å². The Bertz CT molecular complexity index is 809. The maximum atomic E-state index is 12.7. The Hall–Kier alpha value is -2.89. The van der Waals surface area contributed by atoms with Crippen molar-refractivity contribution in [3.63, 3.8) is 0 Å². The van der Waals surface area contributed by atoms with Gasteiger partial charge in [0.2, 0.25) is 0 Å². The van der Waals surface area contributed by atoms with Gasteiger partial charge in [-0.2, -0.15) is 0 Å². The van der Waals surface area contributed by atoms with Crippen molar-refractivity contribution < 1.29 is 24.5 Å². The number of methoxy groups -OCH3 is 2. The van der Waals surface area contributed by atoms with Gasteiger partial charge in [0.15, 0.2) is 0 Å². The van der Waals surface area contributed by atoms with Crippen molar-refractivity contribution in [3.05, 3.63) is 47.0 Å². The van der Waals surface area contributed by atoms with Gasteiger partial charge in [0, 0.05) is 29.8 Å². The molecule has 0 aliphatic carbocycles. The molecule has 0 heterocycles. The van der Waals surface area contributed by atoms with Crippen molar-refractivity contribution in [1.29, 1.82) is 0 Å². The molecule has 0 spiro atoms. The van der Waals surface area contributed by atoms with Gasteiger partial charge in [0.25, 0.3) is 5.91 Å². The minimum atomic E-state index is -0.331. The van der Waals surface area contributed by atoms with Crippen LogP contribution >= 0.6 is 0 Å². The van der Waals surface area contributed by atoms with Gasteiger partial charge in [0.05, 0.1) is 19.8 Å². The van der Waals surface area contributed by atoms with E-state index in [0.717, 1.165) is 5.56 Å². The molecule has 26 heavy (non-hydrogen) atoms. The van der Waals surface area contributed by atoms with E-state index in [9.17, 15) is 15.0 Å². The van der Waals surface area contributed by atoms with Crippen LogP contribution in [0.2, 0.25) is 0 Å². The van der Waals surface area contributed by atoms with Crippen LogP contribution in [0.25, 0.3) is 0 Å². The van der Waals surface area contributed by atoms with Gasteiger partial charge < -0.3 is 25.0 Å². The number of nitrogens with one attached hydrogen (secondary N) is 1. The van der Waals surface area contributed by atoms with Crippen molar-refractivity contribution in [2.24, 2.45) is 0 Å². The number of hydrogen-bond donors (Lipinski definition) is 3. The number of carbonyl (C=O) groups is 1. The number of carbonyl (C=O) groups excluding carboxylic acids is 1. The molecule has 2 aromatic rings. The molecule has 0 aromatic heterocycles. The molecule has 1 amide bonds. The van der Waals surface area contributed by atoms with Crippen LogP contribution < -0.4 is 14.8 Å². The van der Waals surface area contributed by atoms with Crippen molar-refractivity contribution in [3.8, 4) is 23.0 Å². The molecule has 2 aromatic carbocycles. The quantitative estimate of drug-likeness (QED) is 0.762. The Morgan fingerprint density at radius 1 is 1.04 bits per heavy atom. The smallest absolute Gasteiger partial charge is 0.255 e. The third-order valence-electron chi connectivity index (χ3n) is 4.08. The first-order chi connectivity index (χ1) is 12.2. The lowest BCUT2D eigenvalue weighted by Crippen LogP contribution is -2.24. The second-order valence-corrected chi connectivity index (χ2v) is 7.00. The standard InChI is InChI=1S/C20H25NO5/c1-20(2,3)15-9-14(17(25-4)10-18(15)26-5)19(24)21-11-12-6-7-13(22)8-16(12)23/h6-10,22-23H,11H2,1-5H3,(H,21,24). The zero-order valence-corrected chi connectivity index (χ0v) is 15.7. The highest BCUT2D eigenvalue weighted by Crippen LogP contribution is 2.36. The number of aromatic hydroxyl groups is 2. The number of ether oxygens (including phenoxy) is 2. The molecular weight excluding hydrogens is 334 g/mol. The fourth-order valence-electron chi connectivity index (χ4n) is 2.63. The summed E-state index contributed by atoms with van der Waals surface area (Å²) >= 11 is 0. The lowest BCUT2D eigenvalue weighted by atomic mass is 9.85. The van der Waals surface area contributed by atoms with E-state index in [2.05, 4.69) is 5.32 Å². The van der Waals surface area contributed by atoms with E-state index >= 15 is 0 Å². The summed E-state index contributed by atoms with van der Waals surface area (Å²) in [4.78, 5) is 12.7. The van der Waals surface area contributed by atoms with Crippen LogP contribution in [0.4, 0.5) is 0 Å². The highest BCUT2D eigenvalue weighted by atomic mass is 16.5. The van der Waals surface area contributed by atoms with Gasteiger partial charge in [0.1, 0.15) is 23.0 Å². The third kappa shape index (κ3) is 4.20. The summed E-state index contributed by atoms with van der Waals surface area (Å²) in [5.74, 6) is 0.610. The van der Waals surface area contributed by atoms with E-state index in [1.54, 1.807) is 25.3 Å². The number of phenols is 2. The monoisotopic (exact) mass is 359 g/mol. The van der Waals surface area contributed by atoms with E-state index in [1.165, 1.54) is 19.2 Å². The van der Waals surface area contributed by atoms with E-state index in [0.29, 0.717) is 22.6 Å². The van der Waals surface area contributed by atoms with Gasteiger partial charge in [-0.25, -0.2) is 0 Å². The van der Waals surface area contributed by atoms with Crippen LogP contribution in [0.3, 0.4) is 0 Å². The van der Waals surface area contributed by atoms with Gasteiger partial charge in [-0.3, -0.25) is 4.79 Å². The minimum absolute atomic E-state index is 0.0378. The van der Waals surface area contributed by atoms with E-state index < -0.39 is 0 Å².